The predicted molar refractivity (Wildman–Crippen MR) is 73.3 cm³/mol. The Labute approximate surface area is 117 Å². The highest BCUT2D eigenvalue weighted by Gasteiger charge is 2.05. The predicted octanol–water partition coefficient (Wildman–Crippen LogP) is 1.13. The van der Waals surface area contributed by atoms with Crippen molar-refractivity contribution >= 4 is 33.6 Å². The molecule has 1 heterocycles. The number of rotatable bonds is 5. The summed E-state index contributed by atoms with van der Waals surface area (Å²) in [7, 11) is 1.57. The Hall–Kier alpha value is -1.83. The molecule has 0 radical (unpaired) electrons. The quantitative estimate of drug-likeness (QED) is 0.704. The van der Waals surface area contributed by atoms with E-state index < -0.39 is 12.0 Å². The first-order valence-electron chi connectivity index (χ1n) is 5.53. The molecule has 0 bridgehead atoms. The van der Waals surface area contributed by atoms with E-state index in [1.807, 2.05) is 0 Å². The summed E-state index contributed by atoms with van der Waals surface area (Å²) in [6.07, 6.45) is 1.86. The van der Waals surface area contributed by atoms with Crippen molar-refractivity contribution < 1.29 is 14.7 Å². The molecule has 0 unspecified atom stereocenters. The van der Waals surface area contributed by atoms with Crippen LogP contribution in [0.25, 0.3) is 0 Å². The Morgan fingerprint density at radius 3 is 2.74 bits per heavy atom. The lowest BCUT2D eigenvalue weighted by molar-refractivity contribution is -0.137. The molecule has 0 saturated heterocycles. The highest BCUT2D eigenvalue weighted by atomic mass is 79.9. The van der Waals surface area contributed by atoms with Gasteiger partial charge in [0.1, 0.15) is 0 Å². The Kier molecular flexibility index (Phi) is 5.56. The van der Waals surface area contributed by atoms with Gasteiger partial charge in [-0.3, -0.25) is 9.59 Å². The average Bonchev–Trinajstić information content (AvgIpc) is 2.31. The van der Waals surface area contributed by atoms with Crippen LogP contribution < -0.4 is 16.2 Å². The van der Waals surface area contributed by atoms with Crippen molar-refractivity contribution in [1.82, 2.24) is 9.88 Å². The van der Waals surface area contributed by atoms with E-state index in [0.717, 1.165) is 0 Å². The van der Waals surface area contributed by atoms with E-state index in [-0.39, 0.29) is 18.5 Å². The van der Waals surface area contributed by atoms with Gasteiger partial charge in [0.25, 0.3) is 5.56 Å². The molecular formula is C11H14BrN3O4. The van der Waals surface area contributed by atoms with Crippen molar-refractivity contribution in [1.29, 1.82) is 0 Å². The van der Waals surface area contributed by atoms with Crippen LogP contribution in [0, 0.1) is 0 Å². The van der Waals surface area contributed by atoms with Crippen LogP contribution in [-0.2, 0) is 11.8 Å². The van der Waals surface area contributed by atoms with Crippen molar-refractivity contribution in [3.05, 3.63) is 27.1 Å². The number of amides is 2. The van der Waals surface area contributed by atoms with Crippen LogP contribution in [0.4, 0.5) is 10.5 Å². The van der Waals surface area contributed by atoms with E-state index in [0.29, 0.717) is 16.6 Å². The fraction of sp³-hybridized carbons (Fsp3) is 0.364. The Balaban J connectivity index is 2.49. The smallest absolute Gasteiger partial charge is 0.319 e. The number of aliphatic carboxylic acids is 1. The lowest BCUT2D eigenvalue weighted by Gasteiger charge is -2.08. The van der Waals surface area contributed by atoms with Crippen LogP contribution in [0.15, 0.2) is 21.5 Å². The minimum absolute atomic E-state index is 0.00562. The summed E-state index contributed by atoms with van der Waals surface area (Å²) in [5, 5.41) is 13.5. The van der Waals surface area contributed by atoms with Gasteiger partial charge in [-0.15, -0.1) is 0 Å². The second-order valence-corrected chi connectivity index (χ2v) is 4.73. The maximum absolute atomic E-state index is 11.5. The van der Waals surface area contributed by atoms with Crippen LogP contribution in [0.2, 0.25) is 0 Å². The molecule has 0 fully saturated rings. The van der Waals surface area contributed by atoms with Crippen molar-refractivity contribution in [3.63, 3.8) is 0 Å². The number of carbonyl (C=O) groups is 2. The van der Waals surface area contributed by atoms with Gasteiger partial charge >= 0.3 is 12.0 Å². The van der Waals surface area contributed by atoms with E-state index >= 15 is 0 Å². The van der Waals surface area contributed by atoms with Gasteiger partial charge in [0.05, 0.1) is 10.2 Å². The number of carbonyl (C=O) groups excluding carboxylic acids is 1. The van der Waals surface area contributed by atoms with Gasteiger partial charge in [-0.25, -0.2) is 4.79 Å². The summed E-state index contributed by atoms with van der Waals surface area (Å²) in [6, 6.07) is 1.05. The zero-order valence-electron chi connectivity index (χ0n) is 10.3. The molecule has 2 amide bonds. The molecule has 19 heavy (non-hydrogen) atoms. The summed E-state index contributed by atoms with van der Waals surface area (Å²) in [6.45, 7) is 0.269. The minimum atomic E-state index is -0.899. The number of halogens is 1. The third kappa shape index (κ3) is 5.12. The molecule has 0 aliphatic carbocycles. The summed E-state index contributed by atoms with van der Waals surface area (Å²) < 4.78 is 1.68. The molecule has 7 nitrogen and oxygen atoms in total. The van der Waals surface area contributed by atoms with E-state index in [9.17, 15) is 14.4 Å². The van der Waals surface area contributed by atoms with Gasteiger partial charge in [0, 0.05) is 26.2 Å². The number of anilines is 1. The van der Waals surface area contributed by atoms with Gasteiger partial charge in [-0.2, -0.15) is 0 Å². The standard InChI is InChI=1S/C11H14BrN3O4/c1-15-6-7(5-8(12)10(15)18)14-11(19)13-4-2-3-9(16)17/h5-6H,2-4H2,1H3,(H,16,17)(H2,13,14,19). The third-order valence-electron chi connectivity index (χ3n) is 2.25. The third-order valence-corrected chi connectivity index (χ3v) is 2.82. The first-order valence-corrected chi connectivity index (χ1v) is 6.32. The number of nitrogens with zero attached hydrogens (tertiary/aromatic N) is 1. The first-order chi connectivity index (χ1) is 8.90. The molecule has 0 saturated carbocycles. The lowest BCUT2D eigenvalue weighted by atomic mass is 10.3. The molecule has 0 atom stereocenters. The van der Waals surface area contributed by atoms with Gasteiger partial charge in [-0.1, -0.05) is 0 Å². The van der Waals surface area contributed by atoms with Crippen LogP contribution in [0.5, 0.6) is 0 Å². The highest BCUT2D eigenvalue weighted by Crippen LogP contribution is 2.10. The molecular weight excluding hydrogens is 318 g/mol. The SMILES string of the molecule is Cn1cc(NC(=O)NCCCC(=O)O)cc(Br)c1=O. The number of aromatic nitrogens is 1. The maximum Gasteiger partial charge on any atom is 0.319 e. The van der Waals surface area contributed by atoms with Crippen LogP contribution >= 0.6 is 15.9 Å². The van der Waals surface area contributed by atoms with Crippen molar-refractivity contribution in [2.45, 2.75) is 12.8 Å². The fourth-order valence-corrected chi connectivity index (χ4v) is 1.88. The first kappa shape index (κ1) is 15.2. The lowest BCUT2D eigenvalue weighted by Crippen LogP contribution is -2.30. The summed E-state index contributed by atoms with van der Waals surface area (Å²) in [4.78, 5) is 33.2. The number of pyridine rings is 1. The van der Waals surface area contributed by atoms with Gasteiger partial charge in [-0.05, 0) is 28.4 Å². The number of carboxylic acid groups (broad SMARTS) is 1. The molecule has 1 rings (SSSR count). The van der Waals surface area contributed by atoms with Crippen molar-refractivity contribution in [2.24, 2.45) is 7.05 Å². The van der Waals surface area contributed by atoms with E-state index in [4.69, 9.17) is 5.11 Å². The minimum Gasteiger partial charge on any atom is -0.481 e. The molecule has 0 aliphatic rings. The zero-order valence-corrected chi connectivity index (χ0v) is 11.9. The molecule has 1 aromatic heterocycles. The van der Waals surface area contributed by atoms with Crippen LogP contribution in [0.3, 0.4) is 0 Å². The number of aryl methyl sites for hydroxylation is 1. The topological polar surface area (TPSA) is 100 Å². The highest BCUT2D eigenvalue weighted by molar-refractivity contribution is 9.10. The zero-order chi connectivity index (χ0) is 14.4. The number of urea groups is 1. The van der Waals surface area contributed by atoms with Crippen LogP contribution in [-0.4, -0.2) is 28.2 Å². The van der Waals surface area contributed by atoms with Gasteiger partial charge < -0.3 is 20.3 Å². The number of nitrogens with one attached hydrogen (secondary N) is 2. The number of carboxylic acids is 1. The second kappa shape index (κ2) is 6.93. The van der Waals surface area contributed by atoms with Crippen LogP contribution in [0.1, 0.15) is 12.8 Å². The Bertz CT molecular complexity index is 515. The molecule has 8 heteroatoms. The van der Waals surface area contributed by atoms with E-state index in [2.05, 4.69) is 26.6 Å². The van der Waals surface area contributed by atoms with Gasteiger partial charge in [0.2, 0.25) is 0 Å². The summed E-state index contributed by atoms with van der Waals surface area (Å²) in [5.41, 5.74) is 0.261. The molecule has 0 aliphatic heterocycles. The monoisotopic (exact) mass is 331 g/mol. The molecule has 104 valence electrons. The summed E-state index contributed by atoms with van der Waals surface area (Å²) in [5.74, 6) is -0.899. The molecule has 3 N–H and O–H groups in total. The second-order valence-electron chi connectivity index (χ2n) is 3.87. The number of hydrogen-bond acceptors (Lipinski definition) is 3. The maximum atomic E-state index is 11.5. The van der Waals surface area contributed by atoms with E-state index in [1.54, 1.807) is 7.05 Å². The van der Waals surface area contributed by atoms with Crippen molar-refractivity contribution in [2.75, 3.05) is 11.9 Å². The Morgan fingerprint density at radius 1 is 1.47 bits per heavy atom. The Morgan fingerprint density at radius 2 is 2.16 bits per heavy atom. The molecule has 1 aromatic rings. The fourth-order valence-electron chi connectivity index (χ4n) is 1.36. The summed E-state index contributed by atoms with van der Waals surface area (Å²) >= 11 is 3.10. The largest absolute Gasteiger partial charge is 0.481 e. The molecule has 0 spiro atoms. The number of hydrogen-bond donors (Lipinski definition) is 3. The average molecular weight is 332 g/mol. The van der Waals surface area contributed by atoms with E-state index in [1.165, 1.54) is 16.8 Å². The van der Waals surface area contributed by atoms with Gasteiger partial charge in [0.15, 0.2) is 0 Å². The normalized spacial score (nSPS) is 10.0. The van der Waals surface area contributed by atoms with Crippen molar-refractivity contribution in [3.8, 4) is 0 Å². The molecule has 0 aromatic carbocycles.